The number of fused-ring (bicyclic) bond motifs is 1. The first-order valence-electron chi connectivity index (χ1n) is 4.49. The van der Waals surface area contributed by atoms with E-state index in [2.05, 4.69) is 22.5 Å². The average Bonchev–Trinajstić information content (AvgIpc) is 2.43. The van der Waals surface area contributed by atoms with E-state index >= 15 is 0 Å². The molecule has 0 N–H and O–H groups in total. The third-order valence-electron chi connectivity index (χ3n) is 2.26. The molecule has 0 fully saturated rings. The van der Waals surface area contributed by atoms with Gasteiger partial charge in [-0.25, -0.2) is 0 Å². The van der Waals surface area contributed by atoms with Crippen molar-refractivity contribution in [2.75, 3.05) is 11.4 Å². The number of Topliss-reactive ketones (excluding diaryl/α,β-unsaturated/α-hetero) is 1. The zero-order chi connectivity index (χ0) is 11.9. The van der Waals surface area contributed by atoms with Crippen LogP contribution in [0.15, 0.2) is 34.3 Å². The van der Waals surface area contributed by atoms with Crippen LogP contribution in [0.2, 0.25) is 0 Å². The van der Waals surface area contributed by atoms with Crippen molar-refractivity contribution in [3.63, 3.8) is 0 Å². The number of halogens is 2. The Morgan fingerprint density at radius 2 is 2.12 bits per heavy atom. The van der Waals surface area contributed by atoms with Gasteiger partial charge >= 0.3 is 0 Å². The normalized spacial score (nSPS) is 14.2. The SMILES string of the molecule is C=C(Cl)CN1C(=O)C(=O)c2cc(Br)ccc21. The molecule has 5 heteroatoms. The highest BCUT2D eigenvalue weighted by molar-refractivity contribution is 9.10. The van der Waals surface area contributed by atoms with Crippen molar-refractivity contribution in [1.29, 1.82) is 0 Å². The van der Waals surface area contributed by atoms with E-state index < -0.39 is 11.7 Å². The molecule has 0 aromatic heterocycles. The monoisotopic (exact) mass is 299 g/mol. The van der Waals surface area contributed by atoms with Gasteiger partial charge in [-0.2, -0.15) is 0 Å². The Balaban J connectivity index is 2.50. The minimum atomic E-state index is -0.560. The molecule has 1 heterocycles. The Kier molecular flexibility index (Phi) is 2.86. The van der Waals surface area contributed by atoms with Crippen LogP contribution in [0, 0.1) is 0 Å². The Morgan fingerprint density at radius 3 is 2.75 bits per heavy atom. The summed E-state index contributed by atoms with van der Waals surface area (Å²) in [6, 6.07) is 5.11. The van der Waals surface area contributed by atoms with Gasteiger partial charge < -0.3 is 0 Å². The van der Waals surface area contributed by atoms with E-state index in [9.17, 15) is 9.59 Å². The van der Waals surface area contributed by atoms with Gasteiger partial charge in [-0.3, -0.25) is 14.5 Å². The number of hydrogen-bond acceptors (Lipinski definition) is 2. The van der Waals surface area contributed by atoms with Gasteiger partial charge in [0.25, 0.3) is 11.7 Å². The maximum Gasteiger partial charge on any atom is 0.299 e. The van der Waals surface area contributed by atoms with E-state index in [1.165, 1.54) is 4.90 Å². The molecule has 0 aliphatic carbocycles. The lowest BCUT2D eigenvalue weighted by Crippen LogP contribution is -2.30. The molecule has 1 aliphatic rings. The number of anilines is 1. The third kappa shape index (κ3) is 1.79. The van der Waals surface area contributed by atoms with Crippen LogP contribution in [0.25, 0.3) is 0 Å². The van der Waals surface area contributed by atoms with E-state index in [-0.39, 0.29) is 6.54 Å². The van der Waals surface area contributed by atoms with E-state index in [4.69, 9.17) is 11.6 Å². The molecule has 0 unspecified atom stereocenters. The van der Waals surface area contributed by atoms with Crippen LogP contribution < -0.4 is 4.90 Å². The van der Waals surface area contributed by atoms with Gasteiger partial charge in [-0.15, -0.1) is 0 Å². The summed E-state index contributed by atoms with van der Waals surface area (Å²) in [5.74, 6) is -1.07. The lowest BCUT2D eigenvalue weighted by molar-refractivity contribution is -0.114. The molecular formula is C11H7BrClNO2. The standard InChI is InChI=1S/C11H7BrClNO2/c1-6(13)5-14-9-3-2-7(12)4-8(9)10(15)11(14)16/h2-4H,1,5H2. The van der Waals surface area contributed by atoms with Gasteiger partial charge in [-0.05, 0) is 18.2 Å². The van der Waals surface area contributed by atoms with Gasteiger partial charge in [0.1, 0.15) is 0 Å². The summed E-state index contributed by atoms with van der Waals surface area (Å²) in [7, 11) is 0. The molecule has 82 valence electrons. The van der Waals surface area contributed by atoms with Gasteiger partial charge in [-0.1, -0.05) is 34.1 Å². The second-order valence-corrected chi connectivity index (χ2v) is 4.85. The number of nitrogens with zero attached hydrogens (tertiary/aromatic N) is 1. The largest absolute Gasteiger partial charge is 0.299 e. The summed E-state index contributed by atoms with van der Waals surface area (Å²) in [6.07, 6.45) is 0. The number of ketones is 1. The highest BCUT2D eigenvalue weighted by Gasteiger charge is 2.35. The number of hydrogen-bond donors (Lipinski definition) is 0. The summed E-state index contributed by atoms with van der Waals surface area (Å²) < 4.78 is 0.763. The molecule has 0 atom stereocenters. The fourth-order valence-electron chi connectivity index (χ4n) is 1.60. The molecule has 2 rings (SSSR count). The molecule has 0 saturated carbocycles. The molecule has 0 radical (unpaired) electrons. The zero-order valence-corrected chi connectivity index (χ0v) is 10.5. The Bertz CT molecular complexity index is 513. The minimum absolute atomic E-state index is 0.154. The quantitative estimate of drug-likeness (QED) is 0.788. The summed E-state index contributed by atoms with van der Waals surface area (Å²) in [5.41, 5.74) is 0.984. The molecule has 0 bridgehead atoms. The van der Waals surface area contributed by atoms with Crippen molar-refractivity contribution in [1.82, 2.24) is 0 Å². The predicted octanol–water partition coefficient (Wildman–Crippen LogP) is 2.73. The zero-order valence-electron chi connectivity index (χ0n) is 8.17. The minimum Gasteiger partial charge on any atom is -0.299 e. The lowest BCUT2D eigenvalue weighted by atomic mass is 10.1. The smallest absolute Gasteiger partial charge is 0.299 e. The molecule has 1 amide bonds. The summed E-state index contributed by atoms with van der Waals surface area (Å²) in [6.45, 7) is 3.67. The lowest BCUT2D eigenvalue weighted by Gasteiger charge is -2.15. The molecule has 0 saturated heterocycles. The van der Waals surface area contributed by atoms with Crippen molar-refractivity contribution < 1.29 is 9.59 Å². The highest BCUT2D eigenvalue weighted by atomic mass is 79.9. The number of benzene rings is 1. The van der Waals surface area contributed by atoms with Crippen LogP contribution in [-0.2, 0) is 4.79 Å². The first-order chi connectivity index (χ1) is 7.50. The molecule has 1 aromatic rings. The van der Waals surface area contributed by atoms with Crippen LogP contribution >= 0.6 is 27.5 Å². The van der Waals surface area contributed by atoms with Crippen LogP contribution in [0.3, 0.4) is 0 Å². The van der Waals surface area contributed by atoms with Crippen LogP contribution in [0.4, 0.5) is 5.69 Å². The Morgan fingerprint density at radius 1 is 1.44 bits per heavy atom. The van der Waals surface area contributed by atoms with E-state index in [0.29, 0.717) is 16.3 Å². The van der Waals surface area contributed by atoms with E-state index in [0.717, 1.165) is 4.47 Å². The van der Waals surface area contributed by atoms with Gasteiger partial charge in [0, 0.05) is 9.51 Å². The van der Waals surface area contributed by atoms with Crippen molar-refractivity contribution in [3.05, 3.63) is 39.8 Å². The van der Waals surface area contributed by atoms with Gasteiger partial charge in [0.05, 0.1) is 17.8 Å². The van der Waals surface area contributed by atoms with E-state index in [1.807, 2.05) is 0 Å². The topological polar surface area (TPSA) is 37.4 Å². The number of carbonyl (C=O) groups excluding carboxylic acids is 2. The molecule has 1 aromatic carbocycles. The fraction of sp³-hybridized carbons (Fsp3) is 0.0909. The number of rotatable bonds is 2. The predicted molar refractivity (Wildman–Crippen MR) is 65.8 cm³/mol. The fourth-order valence-corrected chi connectivity index (χ4v) is 2.08. The maximum atomic E-state index is 11.7. The Labute approximate surface area is 106 Å². The van der Waals surface area contributed by atoms with Crippen molar-refractivity contribution in [2.45, 2.75) is 0 Å². The van der Waals surface area contributed by atoms with Gasteiger partial charge in [0.2, 0.25) is 0 Å². The molecule has 3 nitrogen and oxygen atoms in total. The number of carbonyl (C=O) groups is 2. The Hall–Kier alpha value is -1.13. The number of amides is 1. The second kappa shape index (κ2) is 4.03. The van der Waals surface area contributed by atoms with Crippen molar-refractivity contribution in [2.24, 2.45) is 0 Å². The van der Waals surface area contributed by atoms with Crippen LogP contribution in [0.1, 0.15) is 10.4 Å². The average molecular weight is 301 g/mol. The first-order valence-corrected chi connectivity index (χ1v) is 5.67. The van der Waals surface area contributed by atoms with Crippen molar-refractivity contribution >= 4 is 44.9 Å². The molecule has 1 aliphatic heterocycles. The van der Waals surface area contributed by atoms with Crippen molar-refractivity contribution in [3.8, 4) is 0 Å². The molecule has 0 spiro atoms. The maximum absolute atomic E-state index is 11.7. The van der Waals surface area contributed by atoms with Crippen LogP contribution in [-0.4, -0.2) is 18.2 Å². The highest BCUT2D eigenvalue weighted by Crippen LogP contribution is 2.31. The third-order valence-corrected chi connectivity index (χ3v) is 2.88. The van der Waals surface area contributed by atoms with Crippen LogP contribution in [0.5, 0.6) is 0 Å². The van der Waals surface area contributed by atoms with E-state index in [1.54, 1.807) is 18.2 Å². The van der Waals surface area contributed by atoms with Gasteiger partial charge in [0.15, 0.2) is 0 Å². The summed E-state index contributed by atoms with van der Waals surface area (Å²) >= 11 is 8.92. The molecular weight excluding hydrogens is 293 g/mol. The first kappa shape index (κ1) is 11.4. The summed E-state index contributed by atoms with van der Waals surface area (Å²) in [5, 5.41) is 0.317. The molecule has 16 heavy (non-hydrogen) atoms. The second-order valence-electron chi connectivity index (χ2n) is 3.40. The summed E-state index contributed by atoms with van der Waals surface area (Å²) in [4.78, 5) is 24.7.